The molecule has 0 aliphatic rings. The smallest absolute Gasteiger partial charge is 0.289 e. The minimum atomic E-state index is -0.350. The standard InChI is InChI=1S/C12H14N4O3S/c1-3-10-14-15-12(20-10)13-9(17)7-16(2)11(18)8-5-4-6-19-8/h4-6H,3,7H2,1-2H3,(H,13,15,17). The fraction of sp³-hybridized carbons (Fsp3) is 0.333. The molecule has 0 fully saturated rings. The number of furan rings is 1. The van der Waals surface area contributed by atoms with E-state index in [1.54, 1.807) is 12.1 Å². The predicted molar refractivity (Wildman–Crippen MR) is 73.6 cm³/mol. The predicted octanol–water partition coefficient (Wildman–Crippen LogP) is 1.40. The lowest BCUT2D eigenvalue weighted by molar-refractivity contribution is -0.116. The van der Waals surface area contributed by atoms with Crippen molar-refractivity contribution in [2.24, 2.45) is 0 Å². The highest BCUT2D eigenvalue weighted by Gasteiger charge is 2.17. The van der Waals surface area contributed by atoms with Gasteiger partial charge in [-0.05, 0) is 18.6 Å². The summed E-state index contributed by atoms with van der Waals surface area (Å²) in [5.41, 5.74) is 0. The summed E-state index contributed by atoms with van der Waals surface area (Å²) in [6.07, 6.45) is 2.18. The molecule has 1 N–H and O–H groups in total. The van der Waals surface area contributed by atoms with Crippen LogP contribution >= 0.6 is 11.3 Å². The number of carbonyl (C=O) groups excluding carboxylic acids is 2. The average molecular weight is 294 g/mol. The number of amides is 2. The molecule has 8 heteroatoms. The van der Waals surface area contributed by atoms with E-state index < -0.39 is 0 Å². The van der Waals surface area contributed by atoms with Gasteiger partial charge in [0, 0.05) is 7.05 Å². The molecule has 7 nitrogen and oxygen atoms in total. The van der Waals surface area contributed by atoms with Crippen LogP contribution in [-0.4, -0.2) is 40.5 Å². The van der Waals surface area contributed by atoms with Gasteiger partial charge in [-0.3, -0.25) is 14.9 Å². The van der Waals surface area contributed by atoms with Gasteiger partial charge in [-0.25, -0.2) is 0 Å². The number of anilines is 1. The van der Waals surface area contributed by atoms with Crippen molar-refractivity contribution in [3.8, 4) is 0 Å². The summed E-state index contributed by atoms with van der Waals surface area (Å²) in [5, 5.41) is 11.6. The Balaban J connectivity index is 1.89. The number of aryl methyl sites for hydroxylation is 1. The lowest BCUT2D eigenvalue weighted by Crippen LogP contribution is -2.34. The van der Waals surface area contributed by atoms with Crippen molar-refractivity contribution in [1.29, 1.82) is 0 Å². The molecule has 0 spiro atoms. The van der Waals surface area contributed by atoms with Crippen LogP contribution in [0.5, 0.6) is 0 Å². The van der Waals surface area contributed by atoms with E-state index in [1.807, 2.05) is 6.92 Å². The minimum Gasteiger partial charge on any atom is -0.459 e. The van der Waals surface area contributed by atoms with Crippen LogP contribution in [0.15, 0.2) is 22.8 Å². The van der Waals surface area contributed by atoms with Crippen LogP contribution < -0.4 is 5.32 Å². The third-order valence-corrected chi connectivity index (χ3v) is 3.46. The van der Waals surface area contributed by atoms with Crippen molar-refractivity contribution in [3.63, 3.8) is 0 Å². The highest BCUT2D eigenvalue weighted by molar-refractivity contribution is 7.15. The fourth-order valence-corrected chi connectivity index (χ4v) is 2.18. The summed E-state index contributed by atoms with van der Waals surface area (Å²) in [6, 6.07) is 3.17. The number of rotatable bonds is 5. The van der Waals surface area contributed by atoms with Crippen molar-refractivity contribution >= 4 is 28.3 Å². The maximum Gasteiger partial charge on any atom is 0.289 e. The van der Waals surface area contributed by atoms with Gasteiger partial charge in [0.05, 0.1) is 6.26 Å². The first-order valence-electron chi connectivity index (χ1n) is 6.01. The van der Waals surface area contributed by atoms with Crippen LogP contribution in [0.25, 0.3) is 0 Å². The molecule has 0 aliphatic heterocycles. The molecule has 0 saturated carbocycles. The molecule has 2 aromatic heterocycles. The molecule has 0 aromatic carbocycles. The summed E-state index contributed by atoms with van der Waals surface area (Å²) in [4.78, 5) is 24.9. The summed E-state index contributed by atoms with van der Waals surface area (Å²) < 4.78 is 4.99. The van der Waals surface area contributed by atoms with Crippen molar-refractivity contribution in [2.75, 3.05) is 18.9 Å². The van der Waals surface area contributed by atoms with E-state index in [1.165, 1.54) is 29.5 Å². The van der Waals surface area contributed by atoms with E-state index in [0.29, 0.717) is 5.13 Å². The SMILES string of the molecule is CCc1nnc(NC(=O)CN(C)C(=O)c2ccco2)s1. The second-order valence-corrected chi connectivity index (χ2v) is 5.10. The van der Waals surface area contributed by atoms with Crippen LogP contribution in [0.2, 0.25) is 0 Å². The molecular weight excluding hydrogens is 280 g/mol. The molecule has 2 amide bonds. The molecule has 0 radical (unpaired) electrons. The highest BCUT2D eigenvalue weighted by atomic mass is 32.1. The van der Waals surface area contributed by atoms with Gasteiger partial charge in [0.25, 0.3) is 5.91 Å². The maximum absolute atomic E-state index is 11.9. The molecule has 0 saturated heterocycles. The first-order valence-corrected chi connectivity index (χ1v) is 6.83. The van der Waals surface area contributed by atoms with E-state index >= 15 is 0 Å². The first kappa shape index (κ1) is 14.2. The van der Waals surface area contributed by atoms with Gasteiger partial charge in [0.15, 0.2) is 5.76 Å². The second kappa shape index (κ2) is 6.29. The minimum absolute atomic E-state index is 0.0828. The van der Waals surface area contributed by atoms with Gasteiger partial charge in [-0.2, -0.15) is 0 Å². The third kappa shape index (κ3) is 3.41. The van der Waals surface area contributed by atoms with Crippen molar-refractivity contribution in [1.82, 2.24) is 15.1 Å². The van der Waals surface area contributed by atoms with Gasteiger partial charge in [-0.1, -0.05) is 18.3 Å². The Hall–Kier alpha value is -2.22. The monoisotopic (exact) mass is 294 g/mol. The quantitative estimate of drug-likeness (QED) is 0.900. The zero-order valence-electron chi connectivity index (χ0n) is 11.1. The number of aromatic nitrogens is 2. The molecular formula is C12H14N4O3S. The number of nitrogens with zero attached hydrogens (tertiary/aromatic N) is 3. The molecule has 0 aliphatic carbocycles. The van der Waals surface area contributed by atoms with Gasteiger partial charge in [-0.15, -0.1) is 10.2 Å². The van der Waals surface area contributed by atoms with Gasteiger partial charge >= 0.3 is 0 Å². The van der Waals surface area contributed by atoms with Gasteiger partial charge in [0.2, 0.25) is 11.0 Å². The normalized spacial score (nSPS) is 10.3. The second-order valence-electron chi connectivity index (χ2n) is 4.04. The average Bonchev–Trinajstić information content (AvgIpc) is 3.08. The third-order valence-electron chi connectivity index (χ3n) is 2.48. The van der Waals surface area contributed by atoms with E-state index in [4.69, 9.17) is 4.42 Å². The summed E-state index contributed by atoms with van der Waals surface area (Å²) in [5.74, 6) is -0.479. The van der Waals surface area contributed by atoms with Crippen LogP contribution in [0.3, 0.4) is 0 Å². The Bertz CT molecular complexity index is 594. The Morgan fingerprint density at radius 2 is 2.25 bits per heavy atom. The number of hydrogen-bond acceptors (Lipinski definition) is 6. The van der Waals surface area contributed by atoms with Crippen LogP contribution in [0.4, 0.5) is 5.13 Å². The molecule has 0 atom stereocenters. The van der Waals surface area contributed by atoms with E-state index in [9.17, 15) is 9.59 Å². The lowest BCUT2D eigenvalue weighted by atomic mass is 10.4. The molecule has 2 aromatic rings. The number of nitrogens with one attached hydrogen (secondary N) is 1. The number of likely N-dealkylation sites (N-methyl/N-ethyl adjacent to an activating group) is 1. The summed E-state index contributed by atoms with van der Waals surface area (Å²) in [7, 11) is 1.53. The Morgan fingerprint density at radius 3 is 2.85 bits per heavy atom. The van der Waals surface area contributed by atoms with Crippen LogP contribution in [0, 0.1) is 0 Å². The van der Waals surface area contributed by atoms with E-state index in [0.717, 1.165) is 11.4 Å². The van der Waals surface area contributed by atoms with E-state index in [2.05, 4.69) is 15.5 Å². The molecule has 106 valence electrons. The maximum atomic E-state index is 11.9. The van der Waals surface area contributed by atoms with Crippen molar-refractivity contribution < 1.29 is 14.0 Å². The van der Waals surface area contributed by atoms with Crippen molar-refractivity contribution in [2.45, 2.75) is 13.3 Å². The van der Waals surface area contributed by atoms with Gasteiger partial charge in [0.1, 0.15) is 11.6 Å². The molecule has 0 unspecified atom stereocenters. The van der Waals surface area contributed by atoms with Gasteiger partial charge < -0.3 is 9.32 Å². The summed E-state index contributed by atoms with van der Waals surface area (Å²) in [6.45, 7) is 1.88. The summed E-state index contributed by atoms with van der Waals surface area (Å²) >= 11 is 1.32. The Morgan fingerprint density at radius 1 is 1.45 bits per heavy atom. The zero-order valence-corrected chi connectivity index (χ0v) is 11.9. The Labute approximate surface area is 119 Å². The lowest BCUT2D eigenvalue weighted by Gasteiger charge is -2.14. The molecule has 2 rings (SSSR count). The number of carbonyl (C=O) groups is 2. The highest BCUT2D eigenvalue weighted by Crippen LogP contribution is 2.15. The van der Waals surface area contributed by atoms with Crippen LogP contribution in [0.1, 0.15) is 22.5 Å². The molecule has 2 heterocycles. The molecule has 20 heavy (non-hydrogen) atoms. The largest absolute Gasteiger partial charge is 0.459 e. The Kier molecular flexibility index (Phi) is 4.46. The van der Waals surface area contributed by atoms with Crippen LogP contribution in [-0.2, 0) is 11.2 Å². The van der Waals surface area contributed by atoms with E-state index in [-0.39, 0.29) is 24.1 Å². The zero-order chi connectivity index (χ0) is 14.5. The molecule has 0 bridgehead atoms. The fourth-order valence-electron chi connectivity index (χ4n) is 1.48. The number of hydrogen-bond donors (Lipinski definition) is 1. The topological polar surface area (TPSA) is 88.3 Å². The van der Waals surface area contributed by atoms with Crippen molar-refractivity contribution in [3.05, 3.63) is 29.2 Å². The first-order chi connectivity index (χ1) is 9.60.